The zero-order valence-electron chi connectivity index (χ0n) is 12.7. The van der Waals surface area contributed by atoms with E-state index in [-0.39, 0.29) is 12.3 Å². The zero-order valence-corrected chi connectivity index (χ0v) is 12.7. The van der Waals surface area contributed by atoms with Crippen LogP contribution in [-0.2, 0) is 11.2 Å². The molecule has 6 heteroatoms. The first-order valence-electron chi connectivity index (χ1n) is 7.02. The third kappa shape index (κ3) is 4.55. The average molecular weight is 314 g/mol. The smallest absolute Gasteiger partial charge is 0.320 e. The van der Waals surface area contributed by atoms with E-state index in [1.807, 2.05) is 0 Å². The Labute approximate surface area is 133 Å². The van der Waals surface area contributed by atoms with E-state index in [1.165, 1.54) is 0 Å². The molecule has 0 fully saturated rings. The second kappa shape index (κ2) is 7.42. The van der Waals surface area contributed by atoms with Crippen LogP contribution in [0.5, 0.6) is 5.75 Å². The third-order valence-corrected chi connectivity index (χ3v) is 3.34. The van der Waals surface area contributed by atoms with E-state index >= 15 is 0 Å². The summed E-state index contributed by atoms with van der Waals surface area (Å²) in [5, 5.41) is 11.6. The summed E-state index contributed by atoms with van der Waals surface area (Å²) in [6, 6.07) is 12.8. The Kier molecular flexibility index (Phi) is 5.32. The predicted molar refractivity (Wildman–Crippen MR) is 86.7 cm³/mol. The molecule has 2 aromatic carbocycles. The Balaban J connectivity index is 1.99. The number of anilines is 1. The lowest BCUT2D eigenvalue weighted by Crippen LogP contribution is -2.32. The van der Waals surface area contributed by atoms with Gasteiger partial charge in [0, 0.05) is 11.3 Å². The quantitative estimate of drug-likeness (QED) is 0.756. The van der Waals surface area contributed by atoms with Gasteiger partial charge in [-0.1, -0.05) is 12.1 Å². The van der Waals surface area contributed by atoms with Crippen LogP contribution in [0.1, 0.15) is 15.9 Å². The number of carboxylic acids is 1. The molecular weight excluding hydrogens is 296 g/mol. The highest BCUT2D eigenvalue weighted by molar-refractivity contribution is 6.04. The van der Waals surface area contributed by atoms with Gasteiger partial charge in [-0.25, -0.2) is 0 Å². The van der Waals surface area contributed by atoms with E-state index in [1.54, 1.807) is 55.6 Å². The number of methoxy groups -OCH3 is 1. The molecule has 0 spiro atoms. The summed E-state index contributed by atoms with van der Waals surface area (Å²) in [7, 11) is 1.56. The molecule has 0 bridgehead atoms. The Morgan fingerprint density at radius 2 is 1.74 bits per heavy atom. The van der Waals surface area contributed by atoms with E-state index in [2.05, 4.69) is 5.32 Å². The van der Waals surface area contributed by atoms with Gasteiger partial charge in [0.15, 0.2) is 0 Å². The number of ether oxygens (including phenoxy) is 1. The fraction of sp³-hybridized carbons (Fsp3) is 0.176. The number of aliphatic carboxylic acids is 1. The van der Waals surface area contributed by atoms with Gasteiger partial charge in [-0.15, -0.1) is 0 Å². The first-order chi connectivity index (χ1) is 11.0. The van der Waals surface area contributed by atoms with Crippen LogP contribution in [0, 0.1) is 0 Å². The maximum Gasteiger partial charge on any atom is 0.320 e. The van der Waals surface area contributed by atoms with Crippen molar-refractivity contribution in [1.82, 2.24) is 0 Å². The minimum atomic E-state index is -1.04. The van der Waals surface area contributed by atoms with E-state index < -0.39 is 12.0 Å². The molecule has 23 heavy (non-hydrogen) atoms. The minimum Gasteiger partial charge on any atom is -0.497 e. The Morgan fingerprint density at radius 3 is 2.26 bits per heavy atom. The number of hydrogen-bond acceptors (Lipinski definition) is 4. The summed E-state index contributed by atoms with van der Waals surface area (Å²) in [4.78, 5) is 22.8. The molecule has 0 saturated heterocycles. The normalized spacial score (nSPS) is 11.6. The Hall–Kier alpha value is -2.86. The monoisotopic (exact) mass is 314 g/mol. The Morgan fingerprint density at radius 1 is 1.13 bits per heavy atom. The van der Waals surface area contributed by atoms with E-state index in [0.717, 1.165) is 5.56 Å². The van der Waals surface area contributed by atoms with Gasteiger partial charge in [0.1, 0.15) is 11.8 Å². The van der Waals surface area contributed by atoms with Gasteiger partial charge in [-0.2, -0.15) is 0 Å². The number of rotatable bonds is 6. The van der Waals surface area contributed by atoms with Crippen molar-refractivity contribution in [2.75, 3.05) is 12.4 Å². The molecule has 6 nitrogen and oxygen atoms in total. The van der Waals surface area contributed by atoms with Crippen molar-refractivity contribution in [2.24, 2.45) is 5.73 Å². The molecule has 2 rings (SSSR count). The summed E-state index contributed by atoms with van der Waals surface area (Å²) < 4.78 is 5.05. The molecule has 1 atom stereocenters. The summed E-state index contributed by atoms with van der Waals surface area (Å²) >= 11 is 0. The lowest BCUT2D eigenvalue weighted by Gasteiger charge is -2.09. The molecule has 0 unspecified atom stereocenters. The summed E-state index contributed by atoms with van der Waals surface area (Å²) in [6.45, 7) is 0. The number of nitrogens with two attached hydrogens (primary N) is 1. The maximum absolute atomic E-state index is 12.1. The van der Waals surface area contributed by atoms with Crippen molar-refractivity contribution in [2.45, 2.75) is 12.5 Å². The van der Waals surface area contributed by atoms with Crippen LogP contribution in [0.25, 0.3) is 0 Å². The van der Waals surface area contributed by atoms with Crippen molar-refractivity contribution in [3.63, 3.8) is 0 Å². The van der Waals surface area contributed by atoms with Crippen LogP contribution >= 0.6 is 0 Å². The number of carbonyl (C=O) groups is 2. The van der Waals surface area contributed by atoms with E-state index in [0.29, 0.717) is 17.0 Å². The number of carboxylic acid groups (broad SMARTS) is 1. The van der Waals surface area contributed by atoms with Crippen LogP contribution in [0.3, 0.4) is 0 Å². The average Bonchev–Trinajstić information content (AvgIpc) is 2.56. The standard InChI is InChI=1S/C17H18N2O4/c1-23-14-8-4-12(5-9-14)16(20)19-13-6-2-11(3-7-13)10-15(18)17(21)22/h2-9,15H,10,18H2,1H3,(H,19,20)(H,21,22)/t15-/m1/s1. The van der Waals surface area contributed by atoms with Gasteiger partial charge >= 0.3 is 5.97 Å². The largest absolute Gasteiger partial charge is 0.497 e. The first-order valence-corrected chi connectivity index (χ1v) is 7.02. The van der Waals surface area contributed by atoms with Gasteiger partial charge in [0.25, 0.3) is 5.91 Å². The maximum atomic E-state index is 12.1. The summed E-state index contributed by atoms with van der Waals surface area (Å²) in [5.74, 6) is -0.592. The molecule has 0 radical (unpaired) electrons. The predicted octanol–water partition coefficient (Wildman–Crippen LogP) is 1.90. The molecule has 2 aromatic rings. The molecule has 0 saturated carbocycles. The van der Waals surface area contributed by atoms with Crippen molar-refractivity contribution in [3.8, 4) is 5.75 Å². The van der Waals surface area contributed by atoms with Crippen LogP contribution in [0.4, 0.5) is 5.69 Å². The second-order valence-corrected chi connectivity index (χ2v) is 5.03. The molecule has 4 N–H and O–H groups in total. The van der Waals surface area contributed by atoms with Gasteiger partial charge in [0.2, 0.25) is 0 Å². The van der Waals surface area contributed by atoms with Crippen LogP contribution in [0.2, 0.25) is 0 Å². The third-order valence-electron chi connectivity index (χ3n) is 3.34. The molecular formula is C17H18N2O4. The molecule has 0 aliphatic heterocycles. The first kappa shape index (κ1) is 16.5. The molecule has 0 aliphatic rings. The highest BCUT2D eigenvalue weighted by atomic mass is 16.5. The number of nitrogens with one attached hydrogen (secondary N) is 1. The molecule has 120 valence electrons. The van der Waals surface area contributed by atoms with Crippen molar-refractivity contribution in [3.05, 3.63) is 59.7 Å². The lowest BCUT2D eigenvalue weighted by atomic mass is 10.1. The summed E-state index contributed by atoms with van der Waals surface area (Å²) in [5.41, 5.74) is 7.42. The van der Waals surface area contributed by atoms with Crippen molar-refractivity contribution in [1.29, 1.82) is 0 Å². The Bertz CT molecular complexity index is 681. The highest BCUT2D eigenvalue weighted by Gasteiger charge is 2.12. The van der Waals surface area contributed by atoms with E-state index in [4.69, 9.17) is 15.6 Å². The number of hydrogen-bond donors (Lipinski definition) is 3. The van der Waals surface area contributed by atoms with Crippen molar-refractivity contribution < 1.29 is 19.4 Å². The van der Waals surface area contributed by atoms with Crippen LogP contribution in [0.15, 0.2) is 48.5 Å². The topological polar surface area (TPSA) is 102 Å². The fourth-order valence-corrected chi connectivity index (χ4v) is 2.01. The minimum absolute atomic E-state index is 0.234. The molecule has 0 heterocycles. The number of amides is 1. The highest BCUT2D eigenvalue weighted by Crippen LogP contribution is 2.15. The molecule has 1 amide bonds. The fourth-order valence-electron chi connectivity index (χ4n) is 2.01. The van der Waals surface area contributed by atoms with Gasteiger partial charge < -0.3 is 20.9 Å². The van der Waals surface area contributed by atoms with Crippen LogP contribution in [-0.4, -0.2) is 30.1 Å². The second-order valence-electron chi connectivity index (χ2n) is 5.03. The van der Waals surface area contributed by atoms with Crippen molar-refractivity contribution >= 4 is 17.6 Å². The number of benzene rings is 2. The lowest BCUT2D eigenvalue weighted by molar-refractivity contribution is -0.138. The zero-order chi connectivity index (χ0) is 16.8. The van der Waals surface area contributed by atoms with Gasteiger partial charge in [-0.05, 0) is 48.4 Å². The van der Waals surface area contributed by atoms with E-state index in [9.17, 15) is 9.59 Å². The van der Waals surface area contributed by atoms with Gasteiger partial charge in [0.05, 0.1) is 7.11 Å². The summed E-state index contributed by atoms with van der Waals surface area (Å²) in [6.07, 6.45) is 0.238. The van der Waals surface area contributed by atoms with Crippen LogP contribution < -0.4 is 15.8 Å². The number of carbonyl (C=O) groups excluding carboxylic acids is 1. The molecule has 0 aliphatic carbocycles. The SMILES string of the molecule is COc1ccc(C(=O)Nc2ccc(C[C@@H](N)C(=O)O)cc2)cc1. The van der Waals surface area contributed by atoms with Gasteiger partial charge in [-0.3, -0.25) is 9.59 Å². The molecule has 0 aromatic heterocycles.